The van der Waals surface area contributed by atoms with Gasteiger partial charge in [-0.25, -0.2) is 4.39 Å². The second kappa shape index (κ2) is 3.33. The molecule has 0 atom stereocenters. The lowest BCUT2D eigenvalue weighted by Gasteiger charge is -2.45. The van der Waals surface area contributed by atoms with E-state index in [1.165, 1.54) is 12.1 Å². The number of hydrogen-bond acceptors (Lipinski definition) is 2. The summed E-state index contributed by atoms with van der Waals surface area (Å²) >= 11 is 0. The Bertz CT molecular complexity index is 317. The number of rotatable bonds is 2. The van der Waals surface area contributed by atoms with Crippen molar-refractivity contribution in [3.8, 4) is 0 Å². The molecule has 3 heteroatoms. The standard InChI is InChI=1S/C11H14FNO/c12-9-3-1-8(2-4-9)11(7-13)5-10(14)6-11/h1-4,10,14H,5-7,13H2. The average Bonchev–Trinajstić information content (AvgIpc) is 2.14. The van der Waals surface area contributed by atoms with Gasteiger partial charge in [0.15, 0.2) is 0 Å². The Morgan fingerprint density at radius 3 is 2.36 bits per heavy atom. The Morgan fingerprint density at radius 1 is 1.36 bits per heavy atom. The first-order valence-electron chi connectivity index (χ1n) is 4.80. The highest BCUT2D eigenvalue weighted by Gasteiger charge is 2.43. The number of benzene rings is 1. The molecule has 1 saturated carbocycles. The molecule has 1 aromatic rings. The summed E-state index contributed by atoms with van der Waals surface area (Å²) in [6.45, 7) is 0.510. The zero-order valence-corrected chi connectivity index (χ0v) is 7.91. The third kappa shape index (κ3) is 1.42. The highest BCUT2D eigenvalue weighted by Crippen LogP contribution is 2.42. The average molecular weight is 195 g/mol. The van der Waals surface area contributed by atoms with Gasteiger partial charge in [0.1, 0.15) is 5.82 Å². The minimum atomic E-state index is -0.247. The van der Waals surface area contributed by atoms with Crippen LogP contribution < -0.4 is 5.73 Å². The van der Waals surface area contributed by atoms with Crippen LogP contribution in [0.5, 0.6) is 0 Å². The third-order valence-electron chi connectivity index (χ3n) is 3.10. The Morgan fingerprint density at radius 2 is 1.93 bits per heavy atom. The molecule has 76 valence electrons. The smallest absolute Gasteiger partial charge is 0.123 e. The van der Waals surface area contributed by atoms with Crippen molar-refractivity contribution in [2.45, 2.75) is 24.4 Å². The zero-order chi connectivity index (χ0) is 10.2. The summed E-state index contributed by atoms with van der Waals surface area (Å²) in [5, 5.41) is 9.30. The second-order valence-corrected chi connectivity index (χ2v) is 4.05. The summed E-state index contributed by atoms with van der Waals surface area (Å²) in [7, 11) is 0. The molecule has 0 aliphatic heterocycles. The number of halogens is 1. The van der Waals surface area contributed by atoms with Gasteiger partial charge in [-0.05, 0) is 30.5 Å². The van der Waals surface area contributed by atoms with E-state index in [4.69, 9.17) is 5.73 Å². The summed E-state index contributed by atoms with van der Waals surface area (Å²) in [5.74, 6) is -0.235. The van der Waals surface area contributed by atoms with Crippen LogP contribution in [0.2, 0.25) is 0 Å². The van der Waals surface area contributed by atoms with Gasteiger partial charge in [0.2, 0.25) is 0 Å². The van der Waals surface area contributed by atoms with Crippen molar-refractivity contribution >= 4 is 0 Å². The van der Waals surface area contributed by atoms with E-state index in [0.29, 0.717) is 19.4 Å². The summed E-state index contributed by atoms with van der Waals surface area (Å²) in [4.78, 5) is 0. The van der Waals surface area contributed by atoms with Crippen molar-refractivity contribution in [2.24, 2.45) is 5.73 Å². The van der Waals surface area contributed by atoms with Crippen LogP contribution in [0.4, 0.5) is 4.39 Å². The van der Waals surface area contributed by atoms with E-state index in [9.17, 15) is 9.50 Å². The van der Waals surface area contributed by atoms with Crippen molar-refractivity contribution in [2.75, 3.05) is 6.54 Å². The molecule has 0 spiro atoms. The van der Waals surface area contributed by atoms with Crippen LogP contribution in [0.3, 0.4) is 0 Å². The molecular weight excluding hydrogens is 181 g/mol. The molecule has 14 heavy (non-hydrogen) atoms. The number of aliphatic hydroxyl groups is 1. The Kier molecular flexibility index (Phi) is 2.29. The molecule has 0 radical (unpaired) electrons. The van der Waals surface area contributed by atoms with Gasteiger partial charge in [-0.1, -0.05) is 12.1 Å². The van der Waals surface area contributed by atoms with Crippen LogP contribution in [0, 0.1) is 5.82 Å². The third-order valence-corrected chi connectivity index (χ3v) is 3.10. The molecule has 0 bridgehead atoms. The van der Waals surface area contributed by atoms with Gasteiger partial charge in [-0.2, -0.15) is 0 Å². The summed E-state index contributed by atoms with van der Waals surface area (Å²) in [6.07, 6.45) is 1.13. The molecule has 1 aromatic carbocycles. The second-order valence-electron chi connectivity index (χ2n) is 4.05. The van der Waals surface area contributed by atoms with Crippen molar-refractivity contribution in [1.82, 2.24) is 0 Å². The molecule has 0 saturated heterocycles. The van der Waals surface area contributed by atoms with Gasteiger partial charge in [0, 0.05) is 12.0 Å². The van der Waals surface area contributed by atoms with Crippen molar-refractivity contribution < 1.29 is 9.50 Å². The van der Waals surface area contributed by atoms with E-state index in [0.717, 1.165) is 5.56 Å². The number of hydrogen-bond donors (Lipinski definition) is 2. The van der Waals surface area contributed by atoms with Crippen molar-refractivity contribution in [1.29, 1.82) is 0 Å². The molecule has 2 nitrogen and oxygen atoms in total. The molecule has 2 rings (SSSR count). The van der Waals surface area contributed by atoms with Crippen LogP contribution in [0.25, 0.3) is 0 Å². The number of nitrogens with two attached hydrogens (primary N) is 1. The topological polar surface area (TPSA) is 46.2 Å². The first-order valence-corrected chi connectivity index (χ1v) is 4.80. The maximum Gasteiger partial charge on any atom is 0.123 e. The largest absolute Gasteiger partial charge is 0.393 e. The fraction of sp³-hybridized carbons (Fsp3) is 0.455. The lowest BCUT2D eigenvalue weighted by molar-refractivity contribution is 0.0221. The minimum absolute atomic E-state index is 0.118. The van der Waals surface area contributed by atoms with Gasteiger partial charge >= 0.3 is 0 Å². The normalized spacial score (nSPS) is 31.2. The first-order chi connectivity index (χ1) is 6.66. The van der Waals surface area contributed by atoms with Crippen molar-refractivity contribution in [3.63, 3.8) is 0 Å². The number of aliphatic hydroxyl groups excluding tert-OH is 1. The van der Waals surface area contributed by atoms with Crippen LogP contribution in [0.1, 0.15) is 18.4 Å². The van der Waals surface area contributed by atoms with Crippen LogP contribution in [0.15, 0.2) is 24.3 Å². The van der Waals surface area contributed by atoms with Gasteiger partial charge in [0.25, 0.3) is 0 Å². The Hall–Kier alpha value is -0.930. The van der Waals surface area contributed by atoms with Crippen LogP contribution >= 0.6 is 0 Å². The molecule has 0 amide bonds. The van der Waals surface area contributed by atoms with Crippen LogP contribution in [-0.2, 0) is 5.41 Å². The lowest BCUT2D eigenvalue weighted by Crippen LogP contribution is -2.49. The molecular formula is C11H14FNO. The summed E-state index contributed by atoms with van der Waals surface area (Å²) < 4.78 is 12.7. The fourth-order valence-electron chi connectivity index (χ4n) is 2.17. The Labute approximate surface area is 82.5 Å². The fourth-order valence-corrected chi connectivity index (χ4v) is 2.17. The van der Waals surface area contributed by atoms with Gasteiger partial charge in [0.05, 0.1) is 6.10 Å². The predicted octanol–water partition coefficient (Wildman–Crippen LogP) is 1.18. The molecule has 1 aliphatic carbocycles. The van der Waals surface area contributed by atoms with E-state index >= 15 is 0 Å². The molecule has 0 heterocycles. The van der Waals surface area contributed by atoms with Crippen molar-refractivity contribution in [3.05, 3.63) is 35.6 Å². The minimum Gasteiger partial charge on any atom is -0.393 e. The monoisotopic (exact) mass is 195 g/mol. The Balaban J connectivity index is 2.25. The molecule has 0 unspecified atom stereocenters. The van der Waals surface area contributed by atoms with E-state index in [2.05, 4.69) is 0 Å². The van der Waals surface area contributed by atoms with E-state index in [-0.39, 0.29) is 17.3 Å². The lowest BCUT2D eigenvalue weighted by atomic mass is 9.63. The van der Waals surface area contributed by atoms with Gasteiger partial charge < -0.3 is 10.8 Å². The SMILES string of the molecule is NCC1(c2ccc(F)cc2)CC(O)C1. The highest BCUT2D eigenvalue weighted by molar-refractivity contribution is 5.30. The summed E-state index contributed by atoms with van der Waals surface area (Å²) in [5.41, 5.74) is 6.61. The first kappa shape index (κ1) is 9.62. The maximum atomic E-state index is 12.7. The van der Waals surface area contributed by atoms with Gasteiger partial charge in [-0.15, -0.1) is 0 Å². The quantitative estimate of drug-likeness (QED) is 0.744. The maximum absolute atomic E-state index is 12.7. The molecule has 0 aromatic heterocycles. The predicted molar refractivity (Wildman–Crippen MR) is 52.4 cm³/mol. The van der Waals surface area contributed by atoms with E-state index < -0.39 is 0 Å². The highest BCUT2D eigenvalue weighted by atomic mass is 19.1. The molecule has 1 fully saturated rings. The van der Waals surface area contributed by atoms with Gasteiger partial charge in [-0.3, -0.25) is 0 Å². The molecule has 1 aliphatic rings. The van der Waals surface area contributed by atoms with Crippen LogP contribution in [-0.4, -0.2) is 17.8 Å². The summed E-state index contributed by atoms with van der Waals surface area (Å²) in [6, 6.07) is 6.40. The zero-order valence-electron chi connectivity index (χ0n) is 7.91. The van der Waals surface area contributed by atoms with E-state index in [1.807, 2.05) is 0 Å². The van der Waals surface area contributed by atoms with E-state index in [1.54, 1.807) is 12.1 Å². The molecule has 3 N–H and O–H groups in total.